The summed E-state index contributed by atoms with van der Waals surface area (Å²) in [5.41, 5.74) is 0. The van der Waals surface area contributed by atoms with Crippen LogP contribution in [0.4, 0.5) is 0 Å². The van der Waals surface area contributed by atoms with Crippen molar-refractivity contribution in [3.8, 4) is 0 Å². The Kier molecular flexibility index (Phi) is 4.61. The number of halogens is 1. The Labute approximate surface area is 113 Å². The van der Waals surface area contributed by atoms with Crippen molar-refractivity contribution in [3.05, 3.63) is 29.3 Å². The fourth-order valence-electron chi connectivity index (χ4n) is 2.09. The highest BCUT2D eigenvalue weighted by atomic mass is 35.5. The smallest absolute Gasteiger partial charge is 0.240 e. The summed E-state index contributed by atoms with van der Waals surface area (Å²) in [7, 11) is -3.44. The largest absolute Gasteiger partial charge is 0.314 e. The first-order chi connectivity index (χ1) is 8.58. The molecule has 1 fully saturated rings. The first-order valence-corrected chi connectivity index (χ1v) is 7.93. The van der Waals surface area contributed by atoms with Gasteiger partial charge in [0, 0.05) is 17.6 Å². The van der Waals surface area contributed by atoms with Gasteiger partial charge in [-0.25, -0.2) is 13.1 Å². The molecule has 1 atom stereocenters. The highest BCUT2D eigenvalue weighted by Gasteiger charge is 2.17. The second-order valence-corrected chi connectivity index (χ2v) is 6.64. The molecule has 100 valence electrons. The van der Waals surface area contributed by atoms with Crippen molar-refractivity contribution in [1.29, 1.82) is 0 Å². The van der Waals surface area contributed by atoms with Crippen LogP contribution in [0, 0.1) is 0 Å². The normalized spacial score (nSPS) is 20.2. The average molecular weight is 289 g/mol. The molecule has 0 radical (unpaired) electrons. The minimum absolute atomic E-state index is 0.217. The van der Waals surface area contributed by atoms with Gasteiger partial charge in [0.1, 0.15) is 0 Å². The predicted molar refractivity (Wildman–Crippen MR) is 72.3 cm³/mol. The van der Waals surface area contributed by atoms with E-state index in [0.29, 0.717) is 17.6 Å². The van der Waals surface area contributed by atoms with Crippen molar-refractivity contribution >= 4 is 21.6 Å². The third kappa shape index (κ3) is 3.68. The summed E-state index contributed by atoms with van der Waals surface area (Å²) in [4.78, 5) is 0.217. The molecule has 0 aliphatic carbocycles. The predicted octanol–water partition coefficient (Wildman–Crippen LogP) is 1.76. The summed E-state index contributed by atoms with van der Waals surface area (Å²) in [6, 6.07) is 6.73. The van der Waals surface area contributed by atoms with Crippen LogP contribution < -0.4 is 10.0 Å². The van der Waals surface area contributed by atoms with Gasteiger partial charge in [-0.1, -0.05) is 17.7 Å². The van der Waals surface area contributed by atoms with Crippen molar-refractivity contribution in [2.75, 3.05) is 13.1 Å². The number of rotatable bonds is 5. The molecule has 0 amide bonds. The van der Waals surface area contributed by atoms with E-state index in [1.807, 2.05) is 0 Å². The topological polar surface area (TPSA) is 58.2 Å². The first-order valence-electron chi connectivity index (χ1n) is 6.06. The molecule has 18 heavy (non-hydrogen) atoms. The average Bonchev–Trinajstić information content (AvgIpc) is 2.82. The van der Waals surface area contributed by atoms with Crippen molar-refractivity contribution < 1.29 is 8.42 Å². The lowest BCUT2D eigenvalue weighted by Gasteiger charge is -2.11. The van der Waals surface area contributed by atoms with E-state index in [9.17, 15) is 8.42 Å². The fraction of sp³-hybridized carbons (Fsp3) is 0.500. The SMILES string of the molecule is O=S(=O)(NCC[C@@H]1CCCN1)c1cccc(Cl)c1. The number of hydrogen-bond acceptors (Lipinski definition) is 3. The molecule has 1 aliphatic heterocycles. The quantitative estimate of drug-likeness (QED) is 0.868. The molecule has 4 nitrogen and oxygen atoms in total. The second-order valence-electron chi connectivity index (χ2n) is 4.44. The first kappa shape index (κ1) is 13.8. The molecule has 6 heteroatoms. The highest BCUT2D eigenvalue weighted by molar-refractivity contribution is 7.89. The van der Waals surface area contributed by atoms with Gasteiger partial charge in [0.05, 0.1) is 4.90 Å². The zero-order valence-electron chi connectivity index (χ0n) is 10.0. The Morgan fingerprint density at radius 3 is 2.94 bits per heavy atom. The van der Waals surface area contributed by atoms with E-state index in [-0.39, 0.29) is 4.90 Å². The van der Waals surface area contributed by atoms with E-state index >= 15 is 0 Å². The summed E-state index contributed by atoms with van der Waals surface area (Å²) in [5.74, 6) is 0. The van der Waals surface area contributed by atoms with Gasteiger partial charge in [-0.3, -0.25) is 0 Å². The van der Waals surface area contributed by atoms with Gasteiger partial charge in [-0.05, 0) is 44.0 Å². The van der Waals surface area contributed by atoms with E-state index < -0.39 is 10.0 Å². The molecule has 2 N–H and O–H groups in total. The summed E-state index contributed by atoms with van der Waals surface area (Å²) in [6.45, 7) is 1.48. The van der Waals surface area contributed by atoms with Crippen molar-refractivity contribution in [3.63, 3.8) is 0 Å². The Bertz CT molecular complexity index is 499. The molecule has 1 aliphatic rings. The molecule has 1 aromatic rings. The van der Waals surface area contributed by atoms with Crippen molar-refractivity contribution in [1.82, 2.24) is 10.0 Å². The van der Waals surface area contributed by atoms with Crippen LogP contribution in [0.5, 0.6) is 0 Å². The lowest BCUT2D eigenvalue weighted by atomic mass is 10.2. The third-order valence-corrected chi connectivity index (χ3v) is 4.75. The van der Waals surface area contributed by atoms with Crippen LogP contribution in [0.1, 0.15) is 19.3 Å². The molecule has 0 unspecified atom stereocenters. The molecule has 1 saturated heterocycles. The summed E-state index contributed by atoms with van der Waals surface area (Å²) in [5, 5.41) is 3.76. The summed E-state index contributed by atoms with van der Waals surface area (Å²) in [6.07, 6.45) is 3.12. The Morgan fingerprint density at radius 2 is 2.28 bits per heavy atom. The van der Waals surface area contributed by atoms with Gasteiger partial charge >= 0.3 is 0 Å². The molecular formula is C12H17ClN2O2S. The van der Waals surface area contributed by atoms with Crippen LogP contribution >= 0.6 is 11.6 Å². The van der Waals surface area contributed by atoms with Crippen LogP contribution in [0.3, 0.4) is 0 Å². The Balaban J connectivity index is 1.90. The monoisotopic (exact) mass is 288 g/mol. The number of sulfonamides is 1. The zero-order chi connectivity index (χ0) is 13.0. The van der Waals surface area contributed by atoms with Gasteiger partial charge in [-0.2, -0.15) is 0 Å². The lowest BCUT2D eigenvalue weighted by molar-refractivity contribution is 0.539. The third-order valence-electron chi connectivity index (χ3n) is 3.05. The Hall–Kier alpha value is -0.620. The van der Waals surface area contributed by atoms with Crippen molar-refractivity contribution in [2.45, 2.75) is 30.2 Å². The molecular weight excluding hydrogens is 272 g/mol. The Morgan fingerprint density at radius 1 is 1.44 bits per heavy atom. The summed E-state index contributed by atoms with van der Waals surface area (Å²) < 4.78 is 26.5. The van der Waals surface area contributed by atoms with Crippen LogP contribution in [0.2, 0.25) is 5.02 Å². The maximum atomic E-state index is 12.0. The minimum Gasteiger partial charge on any atom is -0.314 e. The van der Waals surface area contributed by atoms with Gasteiger partial charge in [0.15, 0.2) is 0 Å². The van der Waals surface area contributed by atoms with Gasteiger partial charge in [0.25, 0.3) is 0 Å². The lowest BCUT2D eigenvalue weighted by Crippen LogP contribution is -2.30. The molecule has 0 bridgehead atoms. The van der Waals surface area contributed by atoms with Gasteiger partial charge < -0.3 is 5.32 Å². The van der Waals surface area contributed by atoms with Gasteiger partial charge in [0.2, 0.25) is 10.0 Å². The maximum absolute atomic E-state index is 12.0. The summed E-state index contributed by atoms with van der Waals surface area (Å²) >= 11 is 5.79. The second kappa shape index (κ2) is 6.02. The zero-order valence-corrected chi connectivity index (χ0v) is 11.6. The molecule has 2 rings (SSSR count). The minimum atomic E-state index is -3.44. The van der Waals surface area contributed by atoms with Crippen LogP contribution in [-0.4, -0.2) is 27.5 Å². The molecule has 0 aromatic heterocycles. The van der Waals surface area contributed by atoms with Crippen LogP contribution in [0.15, 0.2) is 29.2 Å². The van der Waals surface area contributed by atoms with E-state index in [0.717, 1.165) is 19.4 Å². The van der Waals surface area contributed by atoms with Gasteiger partial charge in [-0.15, -0.1) is 0 Å². The molecule has 0 spiro atoms. The van der Waals surface area contributed by atoms with E-state index in [2.05, 4.69) is 10.0 Å². The van der Waals surface area contributed by atoms with E-state index in [1.165, 1.54) is 12.5 Å². The standard InChI is InChI=1S/C12H17ClN2O2S/c13-10-3-1-5-12(9-10)18(16,17)15-8-6-11-4-2-7-14-11/h1,3,5,9,11,14-15H,2,4,6-8H2/t11-/m0/s1. The molecule has 1 heterocycles. The fourth-order valence-corrected chi connectivity index (χ4v) is 3.44. The maximum Gasteiger partial charge on any atom is 0.240 e. The number of benzene rings is 1. The number of nitrogens with one attached hydrogen (secondary N) is 2. The van der Waals surface area contributed by atoms with Crippen LogP contribution in [0.25, 0.3) is 0 Å². The van der Waals surface area contributed by atoms with Crippen molar-refractivity contribution in [2.24, 2.45) is 0 Å². The van der Waals surface area contributed by atoms with Crippen LogP contribution in [-0.2, 0) is 10.0 Å². The molecule has 1 aromatic carbocycles. The van der Waals surface area contributed by atoms with E-state index in [1.54, 1.807) is 18.2 Å². The number of hydrogen-bond donors (Lipinski definition) is 2. The molecule has 0 saturated carbocycles. The highest BCUT2D eigenvalue weighted by Crippen LogP contribution is 2.15. The van der Waals surface area contributed by atoms with E-state index in [4.69, 9.17) is 11.6 Å².